The molecule has 0 aliphatic heterocycles. The second-order valence-electron chi connectivity index (χ2n) is 4.98. The van der Waals surface area contributed by atoms with E-state index in [9.17, 15) is 0 Å². The molecule has 24 heavy (non-hydrogen) atoms. The average Bonchev–Trinajstić information content (AvgIpc) is 3.19. The van der Waals surface area contributed by atoms with Crippen molar-refractivity contribution in [2.24, 2.45) is 0 Å². The van der Waals surface area contributed by atoms with Crippen molar-refractivity contribution in [1.29, 1.82) is 0 Å². The second kappa shape index (κ2) is 6.96. The fourth-order valence-electron chi connectivity index (χ4n) is 2.08. The lowest BCUT2D eigenvalue weighted by molar-refractivity contribution is 0.393. The molecular weight excluding hydrogens is 330 g/mol. The number of thioether (sulfide) groups is 1. The molecule has 0 radical (unpaired) electrons. The van der Waals surface area contributed by atoms with E-state index in [0.29, 0.717) is 39.8 Å². The molecule has 0 spiro atoms. The zero-order valence-corrected chi connectivity index (χ0v) is 14.6. The highest BCUT2D eigenvalue weighted by molar-refractivity contribution is 7.98. The molecule has 2 heterocycles. The SMILES string of the molecule is COc1ccc(-c2nnc(SCc3nc(C)c(C)o3)o2)c(OC)c1. The van der Waals surface area contributed by atoms with Crippen LogP contribution in [0, 0.1) is 13.8 Å². The Kier molecular flexibility index (Phi) is 4.75. The van der Waals surface area contributed by atoms with Crippen molar-refractivity contribution in [3.05, 3.63) is 35.5 Å². The molecule has 8 heteroatoms. The summed E-state index contributed by atoms with van der Waals surface area (Å²) in [5.74, 6) is 3.66. The van der Waals surface area contributed by atoms with Gasteiger partial charge in [-0.25, -0.2) is 4.98 Å². The van der Waals surface area contributed by atoms with Gasteiger partial charge < -0.3 is 18.3 Å². The van der Waals surface area contributed by atoms with E-state index in [1.807, 2.05) is 26.0 Å². The molecule has 0 amide bonds. The van der Waals surface area contributed by atoms with Gasteiger partial charge in [-0.3, -0.25) is 0 Å². The summed E-state index contributed by atoms with van der Waals surface area (Å²) in [5, 5.41) is 8.56. The van der Waals surface area contributed by atoms with Gasteiger partial charge in [-0.15, -0.1) is 10.2 Å². The number of aromatic nitrogens is 3. The van der Waals surface area contributed by atoms with Crippen LogP contribution >= 0.6 is 11.8 Å². The van der Waals surface area contributed by atoms with Gasteiger partial charge >= 0.3 is 0 Å². The van der Waals surface area contributed by atoms with E-state index < -0.39 is 0 Å². The Balaban J connectivity index is 1.75. The number of hydrogen-bond acceptors (Lipinski definition) is 8. The highest BCUT2D eigenvalue weighted by Crippen LogP contribution is 2.34. The number of benzene rings is 1. The summed E-state index contributed by atoms with van der Waals surface area (Å²) < 4.78 is 21.8. The number of aryl methyl sites for hydroxylation is 2. The summed E-state index contributed by atoms with van der Waals surface area (Å²) in [4.78, 5) is 4.33. The van der Waals surface area contributed by atoms with Crippen LogP contribution in [0.2, 0.25) is 0 Å². The molecule has 0 fully saturated rings. The number of oxazole rings is 1. The number of nitrogens with zero attached hydrogens (tertiary/aromatic N) is 3. The van der Waals surface area contributed by atoms with Gasteiger partial charge in [-0.05, 0) is 26.0 Å². The minimum absolute atomic E-state index is 0.386. The van der Waals surface area contributed by atoms with Crippen LogP contribution in [0.4, 0.5) is 0 Å². The van der Waals surface area contributed by atoms with Crippen molar-refractivity contribution >= 4 is 11.8 Å². The zero-order valence-electron chi connectivity index (χ0n) is 13.8. The van der Waals surface area contributed by atoms with Gasteiger partial charge in [-0.2, -0.15) is 0 Å². The fourth-order valence-corrected chi connectivity index (χ4v) is 2.68. The van der Waals surface area contributed by atoms with Crippen LogP contribution in [0.25, 0.3) is 11.5 Å². The molecule has 0 bridgehead atoms. The van der Waals surface area contributed by atoms with Crippen LogP contribution in [0.3, 0.4) is 0 Å². The Morgan fingerprint density at radius 2 is 1.92 bits per heavy atom. The molecule has 7 nitrogen and oxygen atoms in total. The first-order valence-electron chi connectivity index (χ1n) is 7.22. The monoisotopic (exact) mass is 347 g/mol. The Morgan fingerprint density at radius 3 is 2.58 bits per heavy atom. The highest BCUT2D eigenvalue weighted by Gasteiger charge is 2.16. The van der Waals surface area contributed by atoms with Crippen LogP contribution in [0.1, 0.15) is 17.3 Å². The van der Waals surface area contributed by atoms with E-state index in [4.69, 9.17) is 18.3 Å². The van der Waals surface area contributed by atoms with Crippen molar-refractivity contribution in [1.82, 2.24) is 15.2 Å². The van der Waals surface area contributed by atoms with Crippen LogP contribution in [-0.4, -0.2) is 29.4 Å². The summed E-state index contributed by atoms with van der Waals surface area (Å²) in [6.45, 7) is 3.80. The maximum Gasteiger partial charge on any atom is 0.277 e. The van der Waals surface area contributed by atoms with E-state index in [1.165, 1.54) is 11.8 Å². The summed E-state index contributed by atoms with van der Waals surface area (Å²) in [6.07, 6.45) is 0. The van der Waals surface area contributed by atoms with Gasteiger partial charge in [0.2, 0.25) is 5.89 Å². The third-order valence-electron chi connectivity index (χ3n) is 3.44. The topological polar surface area (TPSA) is 83.4 Å². The lowest BCUT2D eigenvalue weighted by atomic mass is 10.2. The molecule has 0 aliphatic rings. The Morgan fingerprint density at radius 1 is 1.08 bits per heavy atom. The first-order valence-corrected chi connectivity index (χ1v) is 8.21. The molecule has 0 N–H and O–H groups in total. The molecule has 0 saturated carbocycles. The van der Waals surface area contributed by atoms with Gasteiger partial charge in [-0.1, -0.05) is 11.8 Å². The smallest absolute Gasteiger partial charge is 0.277 e. The van der Waals surface area contributed by atoms with Gasteiger partial charge in [0.05, 0.1) is 31.2 Å². The minimum Gasteiger partial charge on any atom is -0.497 e. The molecular formula is C16H17N3O4S. The Labute approximate surface area is 143 Å². The minimum atomic E-state index is 0.386. The van der Waals surface area contributed by atoms with Gasteiger partial charge in [0, 0.05) is 6.07 Å². The largest absolute Gasteiger partial charge is 0.497 e. The molecule has 126 valence electrons. The summed E-state index contributed by atoms with van der Waals surface area (Å²) in [5.41, 5.74) is 1.60. The second-order valence-corrected chi connectivity index (χ2v) is 5.90. The van der Waals surface area contributed by atoms with E-state index in [-0.39, 0.29) is 0 Å². The molecule has 0 unspecified atom stereocenters. The van der Waals surface area contributed by atoms with Crippen molar-refractivity contribution < 1.29 is 18.3 Å². The van der Waals surface area contributed by atoms with Crippen molar-refractivity contribution in [3.63, 3.8) is 0 Å². The molecule has 0 aliphatic carbocycles. The molecule has 2 aromatic heterocycles. The third kappa shape index (κ3) is 3.38. The van der Waals surface area contributed by atoms with E-state index in [1.54, 1.807) is 20.3 Å². The molecule has 1 aromatic carbocycles. The number of rotatable bonds is 6. The van der Waals surface area contributed by atoms with Crippen molar-refractivity contribution in [2.45, 2.75) is 24.8 Å². The van der Waals surface area contributed by atoms with Crippen LogP contribution in [0.15, 0.2) is 32.3 Å². The average molecular weight is 347 g/mol. The lowest BCUT2D eigenvalue weighted by Gasteiger charge is -2.07. The summed E-state index contributed by atoms with van der Waals surface area (Å²) >= 11 is 1.37. The zero-order chi connectivity index (χ0) is 17.1. The number of methoxy groups -OCH3 is 2. The van der Waals surface area contributed by atoms with Gasteiger partial charge in [0.25, 0.3) is 11.1 Å². The first-order chi connectivity index (χ1) is 11.6. The van der Waals surface area contributed by atoms with Gasteiger partial charge in [0.15, 0.2) is 0 Å². The number of hydrogen-bond donors (Lipinski definition) is 0. The fraction of sp³-hybridized carbons (Fsp3) is 0.312. The predicted octanol–water partition coefficient (Wildman–Crippen LogP) is 3.65. The quantitative estimate of drug-likeness (QED) is 0.625. The molecule has 3 aromatic rings. The lowest BCUT2D eigenvalue weighted by Crippen LogP contribution is -1.90. The van der Waals surface area contributed by atoms with Gasteiger partial charge in [0.1, 0.15) is 17.3 Å². The van der Waals surface area contributed by atoms with E-state index >= 15 is 0 Å². The Bertz CT molecular complexity index is 824. The van der Waals surface area contributed by atoms with E-state index in [2.05, 4.69) is 15.2 Å². The first kappa shape index (κ1) is 16.4. The molecule has 0 saturated heterocycles. The standard InChI is InChI=1S/C16H17N3O4S/c1-9-10(2)22-14(17-9)8-24-16-19-18-15(23-16)12-6-5-11(20-3)7-13(12)21-4/h5-7H,8H2,1-4H3. The molecule has 3 rings (SSSR count). The third-order valence-corrected chi connectivity index (χ3v) is 4.24. The summed E-state index contributed by atoms with van der Waals surface area (Å²) in [7, 11) is 3.18. The maximum absolute atomic E-state index is 5.69. The van der Waals surface area contributed by atoms with Crippen molar-refractivity contribution in [3.8, 4) is 23.0 Å². The van der Waals surface area contributed by atoms with E-state index in [0.717, 1.165) is 11.5 Å². The summed E-state index contributed by atoms with van der Waals surface area (Å²) in [6, 6.07) is 5.40. The van der Waals surface area contributed by atoms with Crippen LogP contribution < -0.4 is 9.47 Å². The normalized spacial score (nSPS) is 10.8. The van der Waals surface area contributed by atoms with Crippen LogP contribution in [0.5, 0.6) is 11.5 Å². The number of ether oxygens (including phenoxy) is 2. The van der Waals surface area contributed by atoms with Crippen molar-refractivity contribution in [2.75, 3.05) is 14.2 Å². The Hall–Kier alpha value is -2.48. The maximum atomic E-state index is 5.69. The predicted molar refractivity (Wildman–Crippen MR) is 88.4 cm³/mol. The highest BCUT2D eigenvalue weighted by atomic mass is 32.2. The molecule has 0 atom stereocenters. The van der Waals surface area contributed by atoms with Crippen LogP contribution in [-0.2, 0) is 5.75 Å².